The van der Waals surface area contributed by atoms with E-state index in [-0.39, 0.29) is 18.1 Å². The van der Waals surface area contributed by atoms with E-state index in [9.17, 15) is 4.79 Å². The fourth-order valence-electron chi connectivity index (χ4n) is 1.98. The summed E-state index contributed by atoms with van der Waals surface area (Å²) in [5.74, 6) is 0.455. The van der Waals surface area contributed by atoms with E-state index in [0.29, 0.717) is 24.5 Å². The van der Waals surface area contributed by atoms with Crippen LogP contribution in [0.3, 0.4) is 0 Å². The van der Waals surface area contributed by atoms with Crippen LogP contribution in [0.4, 0.5) is 5.82 Å². The van der Waals surface area contributed by atoms with Gasteiger partial charge < -0.3 is 10.5 Å². The third-order valence-electron chi connectivity index (χ3n) is 2.82. The summed E-state index contributed by atoms with van der Waals surface area (Å²) in [5.41, 5.74) is 8.53. The number of carbonyl (C=O) groups excluding carboxylic acids is 1. The van der Waals surface area contributed by atoms with E-state index in [4.69, 9.17) is 22.1 Å². The number of hydrogen-bond donors (Lipinski definition) is 1. The minimum atomic E-state index is -0.587. The number of anilines is 1. The molecule has 3 heterocycles. The van der Waals surface area contributed by atoms with Crippen LogP contribution in [-0.2, 0) is 18.0 Å². The van der Waals surface area contributed by atoms with Crippen LogP contribution >= 0.6 is 24.0 Å². The number of nitrogen functional groups attached to an aromatic ring is 1. The van der Waals surface area contributed by atoms with Crippen LogP contribution in [0.15, 0.2) is 12.3 Å². The highest BCUT2D eigenvalue weighted by Crippen LogP contribution is 2.31. The summed E-state index contributed by atoms with van der Waals surface area (Å²) in [7, 11) is 0. The van der Waals surface area contributed by atoms with Gasteiger partial charge in [0.2, 0.25) is 0 Å². The van der Waals surface area contributed by atoms with Crippen molar-refractivity contribution in [2.45, 2.75) is 13.2 Å². The van der Waals surface area contributed by atoms with Gasteiger partial charge in [-0.2, -0.15) is 0 Å². The molecule has 0 atom stereocenters. The highest BCUT2D eigenvalue weighted by atomic mass is 35.5. The lowest BCUT2D eigenvalue weighted by atomic mass is 10.1. The Morgan fingerprint density at radius 1 is 1.39 bits per heavy atom. The lowest BCUT2D eigenvalue weighted by molar-refractivity contribution is 0.107. The molecule has 2 N–H and O–H groups in total. The number of rotatable bonds is 1. The Kier molecular flexibility index (Phi) is 3.38. The molecule has 0 fully saturated rings. The van der Waals surface area contributed by atoms with Gasteiger partial charge in [0, 0.05) is 10.9 Å². The van der Waals surface area contributed by atoms with Gasteiger partial charge in [-0.3, -0.25) is 4.79 Å². The normalized spacial score (nSPS) is 13.2. The average molecular weight is 286 g/mol. The average Bonchev–Trinajstić information content (AvgIpc) is 2.78. The number of pyridine rings is 2. The molecule has 18 heavy (non-hydrogen) atoms. The Morgan fingerprint density at radius 2 is 2.11 bits per heavy atom. The smallest absolute Gasteiger partial charge is 0.270 e. The van der Waals surface area contributed by atoms with E-state index in [1.165, 1.54) is 6.20 Å². The molecule has 0 aromatic carbocycles. The topological polar surface area (TPSA) is 78.1 Å². The van der Waals surface area contributed by atoms with Crippen molar-refractivity contribution in [1.29, 1.82) is 0 Å². The Bertz CT molecular complexity index is 646. The second kappa shape index (κ2) is 4.68. The van der Waals surface area contributed by atoms with Crippen LogP contribution < -0.4 is 5.73 Å². The largest absolute Gasteiger partial charge is 0.383 e. The van der Waals surface area contributed by atoms with Gasteiger partial charge in [-0.05, 0) is 23.2 Å². The second-order valence-electron chi connectivity index (χ2n) is 3.81. The van der Waals surface area contributed by atoms with E-state index in [2.05, 4.69) is 9.97 Å². The van der Waals surface area contributed by atoms with Crippen molar-refractivity contribution in [3.63, 3.8) is 0 Å². The summed E-state index contributed by atoms with van der Waals surface area (Å²) < 4.78 is 5.35. The first-order chi connectivity index (χ1) is 8.16. The Hall–Kier alpha value is -1.43. The number of nitrogens with zero attached hydrogens (tertiary/aromatic N) is 2. The van der Waals surface area contributed by atoms with Crippen LogP contribution in [0, 0.1) is 0 Å². The molecule has 0 spiro atoms. The first-order valence-corrected chi connectivity index (χ1v) is 5.39. The quantitative estimate of drug-likeness (QED) is 0.812. The molecular weight excluding hydrogens is 277 g/mol. The molecule has 0 saturated heterocycles. The fraction of sp³-hybridized carbons (Fsp3) is 0.182. The van der Waals surface area contributed by atoms with E-state index < -0.39 is 5.24 Å². The standard InChI is InChI=1S/C11H8ClN3O2.ClH/c12-10(16)8-1-5-6-3-17-4-7(6)11(13)15-9(5)2-14-8;/h1-2H,3-4H2,(H2,13,15);1H. The third kappa shape index (κ3) is 1.90. The number of hydrogen-bond acceptors (Lipinski definition) is 5. The first kappa shape index (κ1) is 13.0. The molecule has 0 amide bonds. The Labute approximate surface area is 114 Å². The summed E-state index contributed by atoms with van der Waals surface area (Å²) >= 11 is 5.41. The molecule has 7 heteroatoms. The van der Waals surface area contributed by atoms with Crippen molar-refractivity contribution in [2.24, 2.45) is 0 Å². The van der Waals surface area contributed by atoms with Crippen molar-refractivity contribution >= 4 is 46.0 Å². The van der Waals surface area contributed by atoms with Crippen molar-refractivity contribution in [3.8, 4) is 0 Å². The molecule has 0 unspecified atom stereocenters. The molecule has 1 aliphatic rings. The summed E-state index contributed by atoms with van der Waals surface area (Å²) in [6.07, 6.45) is 1.50. The first-order valence-electron chi connectivity index (χ1n) is 5.01. The van der Waals surface area contributed by atoms with E-state index in [1.54, 1.807) is 6.07 Å². The summed E-state index contributed by atoms with van der Waals surface area (Å²) in [6.45, 7) is 0.926. The number of ether oxygens (including phenoxy) is 1. The maximum Gasteiger partial charge on any atom is 0.270 e. The number of halogens is 2. The monoisotopic (exact) mass is 285 g/mol. The zero-order chi connectivity index (χ0) is 12.0. The molecule has 0 aliphatic carbocycles. The molecule has 2 aromatic heterocycles. The summed E-state index contributed by atoms with van der Waals surface area (Å²) in [5, 5.41) is 0.238. The lowest BCUT2D eigenvalue weighted by Crippen LogP contribution is -2.01. The number of carbonyl (C=O) groups is 1. The molecule has 94 valence electrons. The highest BCUT2D eigenvalue weighted by Gasteiger charge is 2.20. The van der Waals surface area contributed by atoms with Gasteiger partial charge >= 0.3 is 0 Å². The maximum atomic E-state index is 11.1. The van der Waals surface area contributed by atoms with Crippen LogP contribution in [0.2, 0.25) is 0 Å². The second-order valence-corrected chi connectivity index (χ2v) is 4.15. The van der Waals surface area contributed by atoms with Gasteiger partial charge in [0.05, 0.1) is 24.9 Å². The van der Waals surface area contributed by atoms with Crippen molar-refractivity contribution in [3.05, 3.63) is 29.1 Å². The predicted molar refractivity (Wildman–Crippen MR) is 69.9 cm³/mol. The van der Waals surface area contributed by atoms with Crippen molar-refractivity contribution < 1.29 is 9.53 Å². The molecule has 5 nitrogen and oxygen atoms in total. The molecule has 2 aromatic rings. The van der Waals surface area contributed by atoms with Gasteiger partial charge in [-0.1, -0.05) is 0 Å². The maximum absolute atomic E-state index is 11.1. The number of fused-ring (bicyclic) bond motifs is 3. The fourth-order valence-corrected chi connectivity index (χ4v) is 2.09. The van der Waals surface area contributed by atoms with Gasteiger partial charge in [0.25, 0.3) is 5.24 Å². The summed E-state index contributed by atoms with van der Waals surface area (Å²) in [6, 6.07) is 1.63. The van der Waals surface area contributed by atoms with Gasteiger partial charge in [0.15, 0.2) is 0 Å². The predicted octanol–water partition coefficient (Wildman–Crippen LogP) is 2.04. The molecule has 0 saturated carbocycles. The van der Waals surface area contributed by atoms with E-state index >= 15 is 0 Å². The molecule has 3 rings (SSSR count). The third-order valence-corrected chi connectivity index (χ3v) is 3.01. The molecule has 1 aliphatic heterocycles. The Balaban J connectivity index is 0.00000120. The van der Waals surface area contributed by atoms with Crippen LogP contribution in [0.5, 0.6) is 0 Å². The molecule has 0 bridgehead atoms. The van der Waals surface area contributed by atoms with Crippen LogP contribution in [0.25, 0.3) is 10.9 Å². The minimum absolute atomic E-state index is 0. The molecular formula is C11H9Cl2N3O2. The van der Waals surface area contributed by atoms with Crippen molar-refractivity contribution in [2.75, 3.05) is 5.73 Å². The number of nitrogens with two attached hydrogens (primary N) is 1. The SMILES string of the molecule is Cl.Nc1nc2cnc(C(=O)Cl)cc2c2c1COC2. The van der Waals surface area contributed by atoms with Crippen molar-refractivity contribution in [1.82, 2.24) is 9.97 Å². The zero-order valence-corrected chi connectivity index (χ0v) is 10.7. The lowest BCUT2D eigenvalue weighted by Gasteiger charge is -2.06. The zero-order valence-electron chi connectivity index (χ0n) is 9.14. The highest BCUT2D eigenvalue weighted by molar-refractivity contribution is 6.67. The summed E-state index contributed by atoms with van der Waals surface area (Å²) in [4.78, 5) is 19.2. The van der Waals surface area contributed by atoms with Crippen LogP contribution in [0.1, 0.15) is 21.6 Å². The number of aromatic nitrogens is 2. The van der Waals surface area contributed by atoms with Gasteiger partial charge in [0.1, 0.15) is 11.5 Å². The Morgan fingerprint density at radius 3 is 2.83 bits per heavy atom. The molecule has 0 radical (unpaired) electrons. The van der Waals surface area contributed by atoms with E-state index in [0.717, 1.165) is 16.5 Å². The van der Waals surface area contributed by atoms with Gasteiger partial charge in [-0.25, -0.2) is 9.97 Å². The van der Waals surface area contributed by atoms with Gasteiger partial charge in [-0.15, -0.1) is 12.4 Å². The van der Waals surface area contributed by atoms with E-state index in [1.807, 2.05) is 0 Å². The minimum Gasteiger partial charge on any atom is -0.383 e. The van der Waals surface area contributed by atoms with Crippen LogP contribution in [-0.4, -0.2) is 15.2 Å².